The van der Waals surface area contributed by atoms with Gasteiger partial charge in [0.15, 0.2) is 0 Å². The van der Waals surface area contributed by atoms with Crippen LogP contribution < -0.4 is 5.46 Å². The first kappa shape index (κ1) is 13.7. The summed E-state index contributed by atoms with van der Waals surface area (Å²) in [6.07, 6.45) is 0. The number of halogens is 2. The summed E-state index contributed by atoms with van der Waals surface area (Å²) in [6, 6.07) is 24.9. The zero-order chi connectivity index (χ0) is 15.1. The molecule has 1 heterocycles. The maximum Gasteiger partial charge on any atom is 0.382 e. The maximum atomic E-state index is 6.04. The lowest BCUT2D eigenvalue weighted by molar-refractivity contribution is 1.18. The van der Waals surface area contributed by atoms with Crippen molar-refractivity contribution in [2.45, 2.75) is 0 Å². The molecule has 0 bridgehead atoms. The molecule has 3 aromatic carbocycles. The minimum absolute atomic E-state index is 0.511. The molecule has 0 aliphatic carbocycles. The molecule has 0 aliphatic rings. The summed E-state index contributed by atoms with van der Waals surface area (Å²) in [7, 11) is 0. The van der Waals surface area contributed by atoms with E-state index in [1.807, 2.05) is 12.1 Å². The summed E-state index contributed by atoms with van der Waals surface area (Å²) in [5.74, 6) is 0. The Morgan fingerprint density at radius 2 is 1.36 bits per heavy atom. The van der Waals surface area contributed by atoms with Gasteiger partial charge in [0.25, 0.3) is 0 Å². The van der Waals surface area contributed by atoms with Crippen LogP contribution in [0.3, 0.4) is 0 Å². The molecular weight excluding hydrogens is 312 g/mol. The van der Waals surface area contributed by atoms with Crippen LogP contribution in [0, 0.1) is 0 Å². The monoisotopic (exact) mass is 323 g/mol. The van der Waals surface area contributed by atoms with Crippen LogP contribution in [0.5, 0.6) is 0 Å². The fraction of sp³-hybridized carbons (Fsp3) is 0. The number of aromatic nitrogens is 1. The van der Waals surface area contributed by atoms with Gasteiger partial charge in [-0.05, 0) is 29.7 Å². The third-order valence-electron chi connectivity index (χ3n) is 3.96. The Kier molecular flexibility index (Phi) is 3.36. The number of para-hydroxylation sites is 2. The van der Waals surface area contributed by atoms with Crippen LogP contribution in [0.1, 0.15) is 0 Å². The first-order valence-corrected chi connectivity index (χ1v) is 7.99. The lowest BCUT2D eigenvalue weighted by Gasteiger charge is -2.07. The van der Waals surface area contributed by atoms with Crippen molar-refractivity contribution in [2.75, 3.05) is 0 Å². The number of benzene rings is 3. The molecule has 4 heteroatoms. The van der Waals surface area contributed by atoms with Crippen molar-refractivity contribution >= 4 is 55.7 Å². The van der Waals surface area contributed by atoms with E-state index in [9.17, 15) is 0 Å². The summed E-state index contributed by atoms with van der Waals surface area (Å²) in [5.41, 5.74) is 3.90. The van der Waals surface area contributed by atoms with Gasteiger partial charge in [-0.15, -0.1) is 0 Å². The predicted molar refractivity (Wildman–Crippen MR) is 97.9 cm³/mol. The van der Waals surface area contributed by atoms with Gasteiger partial charge in [0.1, 0.15) is 0 Å². The molecule has 0 saturated heterocycles. The minimum Gasteiger partial charge on any atom is -0.309 e. The van der Waals surface area contributed by atoms with Crippen molar-refractivity contribution in [1.29, 1.82) is 0 Å². The first-order valence-electron chi connectivity index (χ1n) is 7.12. The lowest BCUT2D eigenvalue weighted by atomic mass is 9.91. The smallest absolute Gasteiger partial charge is 0.309 e. The third kappa shape index (κ3) is 2.11. The normalized spacial score (nSPS) is 11.2. The van der Waals surface area contributed by atoms with Gasteiger partial charge >= 0.3 is 5.54 Å². The Hall–Kier alpha value is -1.90. The zero-order valence-corrected chi connectivity index (χ0v) is 13.2. The molecular formula is C18H12BCl2N. The number of nitrogens with zero attached hydrogens (tertiary/aromatic N) is 1. The largest absolute Gasteiger partial charge is 0.382 e. The molecule has 1 nitrogen and oxygen atoms in total. The highest BCUT2D eigenvalue weighted by Gasteiger charge is 2.15. The van der Waals surface area contributed by atoms with Gasteiger partial charge in [0.2, 0.25) is 0 Å². The summed E-state index contributed by atoms with van der Waals surface area (Å²) in [4.78, 5) is 0. The molecule has 0 amide bonds. The number of fused-ring (bicyclic) bond motifs is 3. The third-order valence-corrected chi connectivity index (χ3v) is 4.47. The van der Waals surface area contributed by atoms with Gasteiger partial charge in [-0.25, -0.2) is 0 Å². The number of hydrogen-bond acceptors (Lipinski definition) is 0. The molecule has 1 aromatic heterocycles. The number of hydrogen-bond donors (Lipinski definition) is 0. The van der Waals surface area contributed by atoms with E-state index in [2.05, 4.69) is 65.2 Å². The quantitative estimate of drug-likeness (QED) is 0.460. The Balaban J connectivity index is 2.14. The fourth-order valence-corrected chi connectivity index (χ4v) is 3.25. The molecule has 106 valence electrons. The van der Waals surface area contributed by atoms with E-state index >= 15 is 0 Å². The van der Waals surface area contributed by atoms with Crippen LogP contribution >= 0.6 is 22.9 Å². The SMILES string of the molecule is ClB(Cl)c1ccc2c(c1)c1ccccc1n2-c1ccccc1. The second-order valence-corrected chi connectivity index (χ2v) is 6.36. The van der Waals surface area contributed by atoms with Crippen molar-refractivity contribution < 1.29 is 0 Å². The number of rotatable bonds is 2. The van der Waals surface area contributed by atoms with E-state index in [1.165, 1.54) is 16.3 Å². The summed E-state index contributed by atoms with van der Waals surface area (Å²) >= 11 is 12.1. The summed E-state index contributed by atoms with van der Waals surface area (Å²) in [6.45, 7) is 0. The van der Waals surface area contributed by atoms with Crippen molar-refractivity contribution in [3.8, 4) is 5.69 Å². The lowest BCUT2D eigenvalue weighted by Crippen LogP contribution is -2.17. The van der Waals surface area contributed by atoms with Crippen molar-refractivity contribution in [3.63, 3.8) is 0 Å². The average molecular weight is 324 g/mol. The van der Waals surface area contributed by atoms with Crippen LogP contribution in [0.2, 0.25) is 0 Å². The molecule has 0 unspecified atom stereocenters. The minimum atomic E-state index is -0.511. The Bertz CT molecular complexity index is 961. The molecule has 0 atom stereocenters. The topological polar surface area (TPSA) is 4.93 Å². The molecule has 22 heavy (non-hydrogen) atoms. The van der Waals surface area contributed by atoms with E-state index in [0.717, 1.165) is 16.7 Å². The molecule has 0 radical (unpaired) electrons. The predicted octanol–water partition coefficient (Wildman–Crippen LogP) is 4.96. The van der Waals surface area contributed by atoms with Crippen LogP contribution in [0.4, 0.5) is 0 Å². The van der Waals surface area contributed by atoms with E-state index in [-0.39, 0.29) is 0 Å². The van der Waals surface area contributed by atoms with Crippen LogP contribution in [-0.2, 0) is 0 Å². The summed E-state index contributed by atoms with van der Waals surface area (Å²) in [5, 5.41) is 2.38. The van der Waals surface area contributed by atoms with E-state index < -0.39 is 5.54 Å². The Labute approximate surface area is 139 Å². The van der Waals surface area contributed by atoms with Gasteiger partial charge in [0.05, 0.1) is 11.0 Å². The molecule has 4 aromatic rings. The van der Waals surface area contributed by atoms with E-state index in [0.29, 0.717) is 0 Å². The molecule has 0 spiro atoms. The second kappa shape index (κ2) is 5.38. The fourth-order valence-electron chi connectivity index (χ4n) is 2.98. The Morgan fingerprint density at radius 3 is 2.14 bits per heavy atom. The molecule has 0 N–H and O–H groups in total. The zero-order valence-electron chi connectivity index (χ0n) is 11.7. The van der Waals surface area contributed by atoms with Gasteiger partial charge in [-0.2, -0.15) is 22.9 Å². The van der Waals surface area contributed by atoms with Gasteiger partial charge in [-0.3, -0.25) is 0 Å². The van der Waals surface area contributed by atoms with Crippen LogP contribution in [0.15, 0.2) is 72.8 Å². The molecule has 4 rings (SSSR count). The standard InChI is InChI=1S/C18H12BCl2N/c20-19(21)13-10-11-18-16(12-13)15-8-4-5-9-17(15)22(18)14-6-2-1-3-7-14/h1-12H. The highest BCUT2D eigenvalue weighted by molar-refractivity contribution is 7.39. The van der Waals surface area contributed by atoms with Crippen molar-refractivity contribution in [3.05, 3.63) is 72.8 Å². The molecule has 0 fully saturated rings. The second-order valence-electron chi connectivity index (χ2n) is 5.27. The van der Waals surface area contributed by atoms with Crippen LogP contribution in [0.25, 0.3) is 27.5 Å². The van der Waals surface area contributed by atoms with Crippen molar-refractivity contribution in [1.82, 2.24) is 4.57 Å². The van der Waals surface area contributed by atoms with Gasteiger partial charge in [0, 0.05) is 16.5 Å². The van der Waals surface area contributed by atoms with Gasteiger partial charge < -0.3 is 4.57 Å². The average Bonchev–Trinajstić information content (AvgIpc) is 2.89. The highest BCUT2D eigenvalue weighted by atomic mass is 35.5. The maximum absolute atomic E-state index is 6.04. The molecule has 0 saturated carbocycles. The first-order chi connectivity index (χ1) is 10.8. The van der Waals surface area contributed by atoms with Crippen LogP contribution in [-0.4, -0.2) is 10.1 Å². The Morgan fingerprint density at radius 1 is 0.682 bits per heavy atom. The van der Waals surface area contributed by atoms with E-state index in [1.54, 1.807) is 0 Å². The van der Waals surface area contributed by atoms with E-state index in [4.69, 9.17) is 22.9 Å². The summed E-state index contributed by atoms with van der Waals surface area (Å²) < 4.78 is 2.27. The van der Waals surface area contributed by atoms with Crippen molar-refractivity contribution in [2.24, 2.45) is 0 Å². The van der Waals surface area contributed by atoms with Gasteiger partial charge in [-0.1, -0.05) is 48.5 Å². The highest BCUT2D eigenvalue weighted by Crippen LogP contribution is 2.31. The molecule has 0 aliphatic heterocycles.